The molecule has 1 rings (SSSR count). The van der Waals surface area contributed by atoms with Crippen molar-refractivity contribution in [2.24, 2.45) is 11.3 Å². The zero-order valence-electron chi connectivity index (χ0n) is 20.1. The van der Waals surface area contributed by atoms with E-state index in [1.165, 1.54) is 19.4 Å². The van der Waals surface area contributed by atoms with Gasteiger partial charge in [-0.3, -0.25) is 14.4 Å². The average molecular weight is 484 g/mol. The minimum Gasteiger partial charge on any atom is -0.738 e. The van der Waals surface area contributed by atoms with Gasteiger partial charge in [0.25, 0.3) is 0 Å². The molecule has 0 fully saturated rings. The largest absolute Gasteiger partial charge is 0.738 e. The molecule has 0 aliphatic heterocycles. The number of nitrogens with one attached hydrogen (secondary N) is 1. The molecule has 0 bridgehead atoms. The van der Waals surface area contributed by atoms with E-state index in [1.807, 2.05) is 24.3 Å². The fraction of sp³-hybridized carbons (Fsp3) is 0.609. The Morgan fingerprint density at radius 1 is 1.18 bits per heavy atom. The maximum atomic E-state index is 12.8. The minimum atomic E-state index is -1.23. The Hall–Kier alpha value is -1.98. The first-order valence-electron chi connectivity index (χ1n) is 10.9. The van der Waals surface area contributed by atoms with Gasteiger partial charge in [-0.15, -0.1) is 5.39 Å². The molecule has 0 aliphatic rings. The summed E-state index contributed by atoms with van der Waals surface area (Å²) >= 11 is 0.943. The summed E-state index contributed by atoms with van der Waals surface area (Å²) in [5, 5.41) is 20.8. The summed E-state index contributed by atoms with van der Waals surface area (Å²) in [5.41, 5.74) is 0.857. The molecule has 2 N–H and O–H groups in total. The van der Waals surface area contributed by atoms with Crippen LogP contribution in [0, 0.1) is 16.5 Å². The maximum absolute atomic E-state index is 12.8. The molecule has 9 nitrogen and oxygen atoms in total. The van der Waals surface area contributed by atoms with Crippen LogP contribution >= 0.6 is 11.8 Å². The highest BCUT2D eigenvalue weighted by Gasteiger charge is 2.33. The van der Waals surface area contributed by atoms with Crippen LogP contribution in [0.25, 0.3) is 0 Å². The van der Waals surface area contributed by atoms with Crippen molar-refractivity contribution >= 4 is 28.8 Å². The molecule has 0 saturated carbocycles. The number of thioether (sulfide) groups is 1. The molecule has 1 aromatic carbocycles. The van der Waals surface area contributed by atoms with E-state index in [0.717, 1.165) is 23.7 Å². The van der Waals surface area contributed by atoms with Gasteiger partial charge in [-0.1, -0.05) is 56.8 Å². The zero-order valence-corrected chi connectivity index (χ0v) is 20.9. The molecule has 0 spiro atoms. The van der Waals surface area contributed by atoms with E-state index in [2.05, 4.69) is 24.0 Å². The van der Waals surface area contributed by atoms with Crippen LogP contribution in [0.2, 0.25) is 0 Å². The van der Waals surface area contributed by atoms with Gasteiger partial charge in [0.15, 0.2) is 5.12 Å². The second kappa shape index (κ2) is 13.7. The first-order chi connectivity index (χ1) is 15.4. The van der Waals surface area contributed by atoms with Crippen LogP contribution in [-0.2, 0) is 30.4 Å². The highest BCUT2D eigenvalue weighted by Crippen LogP contribution is 2.24. The Morgan fingerprint density at radius 3 is 2.30 bits per heavy atom. The number of ether oxygens (including phenoxy) is 1. The van der Waals surface area contributed by atoms with Gasteiger partial charge in [0.05, 0.1) is 24.5 Å². The van der Waals surface area contributed by atoms with Crippen molar-refractivity contribution in [3.05, 3.63) is 40.6 Å². The van der Waals surface area contributed by atoms with Gasteiger partial charge in [-0.05, 0) is 44.2 Å². The summed E-state index contributed by atoms with van der Waals surface area (Å²) < 4.78 is 5.03. The second-order valence-corrected chi connectivity index (χ2v) is 9.89. The number of amides is 1. The number of carbonyl (C=O) groups is 3. The minimum absolute atomic E-state index is 0.0101. The fourth-order valence-corrected chi connectivity index (χ4v) is 3.82. The van der Waals surface area contributed by atoms with Gasteiger partial charge in [-0.2, -0.15) is 0 Å². The summed E-state index contributed by atoms with van der Waals surface area (Å²) in [5.74, 6) is -1.12. The van der Waals surface area contributed by atoms with E-state index >= 15 is 0 Å². The third-order valence-electron chi connectivity index (χ3n) is 4.90. The summed E-state index contributed by atoms with van der Waals surface area (Å²) in [6.45, 7) is 10.4. The van der Waals surface area contributed by atoms with Crippen LogP contribution in [0.15, 0.2) is 24.3 Å². The van der Waals surface area contributed by atoms with Gasteiger partial charge in [0, 0.05) is 5.75 Å². The molecule has 10 heteroatoms. The number of carbonyl (C=O) groups excluding carboxylic acids is 3. The maximum Gasteiger partial charge on any atom is 0.329 e. The molecule has 0 aromatic heterocycles. The fourth-order valence-electron chi connectivity index (χ4n) is 2.89. The standard InChI is InChI=1S/C23H35N2O7S/c1-7-31-20(26)19(24-22(28)23(5,6)14-32-25(29)30)13-33-21(27)16(4)18-10-8-17(9-11-18)12-15(2)3/h8-11,15-16,19,29H,7,12-14H2,1-6H3,(H,24,28)/q-1. The first-order valence-corrected chi connectivity index (χ1v) is 11.9. The predicted molar refractivity (Wildman–Crippen MR) is 126 cm³/mol. The van der Waals surface area contributed by atoms with Crippen molar-refractivity contribution in [1.82, 2.24) is 10.7 Å². The van der Waals surface area contributed by atoms with E-state index in [0.29, 0.717) is 5.92 Å². The average Bonchev–Trinajstić information content (AvgIpc) is 2.74. The van der Waals surface area contributed by atoms with Crippen LogP contribution in [0.5, 0.6) is 0 Å². The lowest BCUT2D eigenvalue weighted by molar-refractivity contribution is -0.313. The third-order valence-corrected chi connectivity index (χ3v) is 6.03. The Morgan fingerprint density at radius 2 is 1.79 bits per heavy atom. The number of rotatable bonds is 13. The Kier molecular flexibility index (Phi) is 12.0. The van der Waals surface area contributed by atoms with Crippen molar-refractivity contribution in [3.8, 4) is 0 Å². The van der Waals surface area contributed by atoms with Crippen LogP contribution in [0.4, 0.5) is 0 Å². The second-order valence-electron chi connectivity index (χ2n) is 8.86. The number of nitrogens with zero attached hydrogens (tertiary/aromatic N) is 1. The van der Waals surface area contributed by atoms with E-state index in [-0.39, 0.29) is 23.4 Å². The smallest absolute Gasteiger partial charge is 0.329 e. The number of hydrogen-bond donors (Lipinski definition) is 2. The molecular formula is C23H35N2O7S-. The first kappa shape index (κ1) is 29.1. The SMILES string of the molecule is CCOC(=O)C(CSC(=O)C(C)c1ccc(CC(C)C)cc1)NC(=O)C(C)(C)CON([O-])O. The zero-order chi connectivity index (χ0) is 25.2. The molecule has 0 heterocycles. The van der Waals surface area contributed by atoms with Crippen LogP contribution in [0.1, 0.15) is 58.6 Å². The molecule has 0 aliphatic carbocycles. The highest BCUT2D eigenvalue weighted by molar-refractivity contribution is 8.13. The van der Waals surface area contributed by atoms with Crippen molar-refractivity contribution < 1.29 is 29.2 Å². The molecule has 186 valence electrons. The number of hydrogen-bond acceptors (Lipinski definition) is 9. The van der Waals surface area contributed by atoms with Crippen LogP contribution < -0.4 is 5.32 Å². The molecule has 1 aromatic rings. The van der Waals surface area contributed by atoms with E-state index < -0.39 is 35.3 Å². The van der Waals surface area contributed by atoms with Crippen LogP contribution in [0.3, 0.4) is 0 Å². The summed E-state index contributed by atoms with van der Waals surface area (Å²) in [4.78, 5) is 42.2. The molecule has 33 heavy (non-hydrogen) atoms. The normalized spacial score (nSPS) is 13.6. The van der Waals surface area contributed by atoms with Crippen molar-refractivity contribution in [2.75, 3.05) is 19.0 Å². The molecular weight excluding hydrogens is 448 g/mol. The van der Waals surface area contributed by atoms with Gasteiger partial charge in [0.1, 0.15) is 6.04 Å². The van der Waals surface area contributed by atoms with Gasteiger partial charge in [0.2, 0.25) is 5.91 Å². The monoisotopic (exact) mass is 483 g/mol. The Labute approximate surface area is 199 Å². The quantitative estimate of drug-likeness (QED) is 0.320. The summed E-state index contributed by atoms with van der Waals surface area (Å²) in [6.07, 6.45) is 0.963. The Bertz CT molecular complexity index is 782. The van der Waals surface area contributed by atoms with E-state index in [9.17, 15) is 19.6 Å². The van der Waals surface area contributed by atoms with Gasteiger partial charge >= 0.3 is 5.97 Å². The third kappa shape index (κ3) is 10.2. The van der Waals surface area contributed by atoms with E-state index in [1.54, 1.807) is 13.8 Å². The number of esters is 1. The van der Waals surface area contributed by atoms with E-state index in [4.69, 9.17) is 9.94 Å². The van der Waals surface area contributed by atoms with Crippen molar-refractivity contribution in [2.45, 2.75) is 59.9 Å². The number of benzene rings is 1. The molecule has 0 radical (unpaired) electrons. The molecule has 2 atom stereocenters. The van der Waals surface area contributed by atoms with Crippen LogP contribution in [-0.4, -0.2) is 52.6 Å². The highest BCUT2D eigenvalue weighted by atomic mass is 32.2. The van der Waals surface area contributed by atoms with Crippen molar-refractivity contribution in [1.29, 1.82) is 0 Å². The van der Waals surface area contributed by atoms with Gasteiger partial charge in [-0.25, -0.2) is 4.79 Å². The summed E-state index contributed by atoms with van der Waals surface area (Å²) in [7, 11) is 0. The van der Waals surface area contributed by atoms with Crippen molar-refractivity contribution in [3.63, 3.8) is 0 Å². The Balaban J connectivity index is 2.79. The lowest BCUT2D eigenvalue weighted by Gasteiger charge is -2.29. The predicted octanol–water partition coefficient (Wildman–Crippen LogP) is 3.44. The molecule has 0 saturated heterocycles. The molecule has 2 unspecified atom stereocenters. The topological polar surface area (TPSA) is 128 Å². The van der Waals surface area contributed by atoms with Gasteiger partial charge < -0.3 is 20.5 Å². The lowest BCUT2D eigenvalue weighted by Crippen LogP contribution is -2.50. The lowest BCUT2D eigenvalue weighted by atomic mass is 9.93. The molecule has 1 amide bonds. The summed E-state index contributed by atoms with van der Waals surface area (Å²) in [6, 6.07) is 6.85.